The number of Topliss-reactive ketones (excluding diaryl/α,β-unsaturated/α-hetero) is 1. The maximum absolute atomic E-state index is 11.7. The first-order valence-electron chi connectivity index (χ1n) is 4.02. The first kappa shape index (κ1) is 9.61. The fraction of sp³-hybridized carbons (Fsp3) is 0.111. The van der Waals surface area contributed by atoms with Crippen molar-refractivity contribution in [2.75, 3.05) is 0 Å². The standard InChI is InChI=1S/C9H7BrN2OS/c10-8-2-1-7(14-8)6(13)5-9-11-3-4-12-9/h1-4H,5H2,(H,11,12). The number of nitrogens with zero attached hydrogens (tertiary/aromatic N) is 1. The van der Waals surface area contributed by atoms with Crippen LogP contribution < -0.4 is 0 Å². The Morgan fingerprint density at radius 2 is 2.43 bits per heavy atom. The molecular formula is C9H7BrN2OS. The summed E-state index contributed by atoms with van der Waals surface area (Å²) in [6, 6.07) is 3.69. The van der Waals surface area contributed by atoms with Crippen LogP contribution in [0.1, 0.15) is 15.5 Å². The maximum Gasteiger partial charge on any atom is 0.180 e. The number of hydrogen-bond donors (Lipinski definition) is 1. The van der Waals surface area contributed by atoms with Crippen LogP contribution in [0, 0.1) is 0 Å². The Kier molecular flexibility index (Phi) is 2.79. The van der Waals surface area contributed by atoms with Crippen LogP contribution in [0.3, 0.4) is 0 Å². The van der Waals surface area contributed by atoms with Crippen molar-refractivity contribution in [3.63, 3.8) is 0 Å². The van der Waals surface area contributed by atoms with Gasteiger partial charge in [0, 0.05) is 12.4 Å². The number of nitrogens with one attached hydrogen (secondary N) is 1. The molecule has 0 bridgehead atoms. The van der Waals surface area contributed by atoms with Gasteiger partial charge in [-0.25, -0.2) is 4.98 Å². The summed E-state index contributed by atoms with van der Waals surface area (Å²) in [6.07, 6.45) is 3.69. The summed E-state index contributed by atoms with van der Waals surface area (Å²) in [7, 11) is 0. The Labute approximate surface area is 93.3 Å². The van der Waals surface area contributed by atoms with Crippen LogP contribution in [-0.4, -0.2) is 15.8 Å². The van der Waals surface area contributed by atoms with Gasteiger partial charge in [0.2, 0.25) is 0 Å². The van der Waals surface area contributed by atoms with Gasteiger partial charge in [0.1, 0.15) is 5.82 Å². The van der Waals surface area contributed by atoms with Crippen molar-refractivity contribution in [2.45, 2.75) is 6.42 Å². The van der Waals surface area contributed by atoms with E-state index in [2.05, 4.69) is 25.9 Å². The summed E-state index contributed by atoms with van der Waals surface area (Å²) >= 11 is 4.76. The van der Waals surface area contributed by atoms with E-state index in [0.717, 1.165) is 8.66 Å². The monoisotopic (exact) mass is 270 g/mol. The largest absolute Gasteiger partial charge is 0.348 e. The van der Waals surface area contributed by atoms with Gasteiger partial charge in [-0.05, 0) is 28.1 Å². The molecule has 0 radical (unpaired) electrons. The van der Waals surface area contributed by atoms with Crippen LogP contribution in [0.5, 0.6) is 0 Å². The molecular weight excluding hydrogens is 264 g/mol. The van der Waals surface area contributed by atoms with Crippen molar-refractivity contribution in [3.05, 3.63) is 39.0 Å². The molecule has 0 atom stereocenters. The highest BCUT2D eigenvalue weighted by atomic mass is 79.9. The van der Waals surface area contributed by atoms with Crippen LogP contribution in [0.2, 0.25) is 0 Å². The van der Waals surface area contributed by atoms with Crippen molar-refractivity contribution >= 4 is 33.0 Å². The molecule has 0 aliphatic rings. The third-order valence-corrected chi connectivity index (χ3v) is 3.40. The van der Waals surface area contributed by atoms with Crippen LogP contribution in [-0.2, 0) is 6.42 Å². The quantitative estimate of drug-likeness (QED) is 0.872. The molecule has 0 aliphatic heterocycles. The van der Waals surface area contributed by atoms with E-state index in [9.17, 15) is 4.79 Å². The molecule has 2 rings (SSSR count). The summed E-state index contributed by atoms with van der Waals surface area (Å²) in [5, 5.41) is 0. The molecule has 0 aromatic carbocycles. The number of carbonyl (C=O) groups excluding carboxylic acids is 1. The van der Waals surface area contributed by atoms with Crippen LogP contribution in [0.15, 0.2) is 28.3 Å². The van der Waals surface area contributed by atoms with Crippen molar-refractivity contribution in [1.29, 1.82) is 0 Å². The van der Waals surface area contributed by atoms with Crippen molar-refractivity contribution in [2.24, 2.45) is 0 Å². The Balaban J connectivity index is 2.10. The number of imidazole rings is 1. The minimum absolute atomic E-state index is 0.0932. The first-order valence-corrected chi connectivity index (χ1v) is 5.63. The van der Waals surface area contributed by atoms with Crippen molar-refractivity contribution in [1.82, 2.24) is 9.97 Å². The molecule has 2 aromatic heterocycles. The van der Waals surface area contributed by atoms with E-state index in [1.165, 1.54) is 11.3 Å². The predicted octanol–water partition coefficient (Wildman–Crippen LogP) is 2.66. The number of aromatic amines is 1. The summed E-state index contributed by atoms with van der Waals surface area (Å²) < 4.78 is 0.972. The Morgan fingerprint density at radius 1 is 1.57 bits per heavy atom. The molecule has 1 N–H and O–H groups in total. The molecule has 0 spiro atoms. The average molecular weight is 271 g/mol. The van der Waals surface area contributed by atoms with Gasteiger partial charge in [0.15, 0.2) is 5.78 Å². The summed E-state index contributed by atoms with van der Waals surface area (Å²) in [4.78, 5) is 19.3. The zero-order chi connectivity index (χ0) is 9.97. The lowest BCUT2D eigenvalue weighted by atomic mass is 10.2. The van der Waals surface area contributed by atoms with E-state index < -0.39 is 0 Å². The molecule has 2 heterocycles. The van der Waals surface area contributed by atoms with Crippen molar-refractivity contribution < 1.29 is 4.79 Å². The van der Waals surface area contributed by atoms with E-state index in [1.807, 2.05) is 12.1 Å². The van der Waals surface area contributed by atoms with Crippen LogP contribution in [0.25, 0.3) is 0 Å². The topological polar surface area (TPSA) is 45.8 Å². The minimum atomic E-state index is 0.0932. The van der Waals surface area contributed by atoms with Gasteiger partial charge in [-0.3, -0.25) is 4.79 Å². The van der Waals surface area contributed by atoms with Gasteiger partial charge < -0.3 is 4.98 Å². The van der Waals surface area contributed by atoms with Gasteiger partial charge in [-0.1, -0.05) is 0 Å². The summed E-state index contributed by atoms with van der Waals surface area (Å²) in [5.74, 6) is 0.801. The number of thiophene rings is 1. The highest BCUT2D eigenvalue weighted by Crippen LogP contribution is 2.22. The molecule has 0 aliphatic carbocycles. The lowest BCUT2D eigenvalue weighted by Gasteiger charge is -1.93. The highest BCUT2D eigenvalue weighted by molar-refractivity contribution is 9.11. The van der Waals surface area contributed by atoms with E-state index in [1.54, 1.807) is 12.4 Å². The van der Waals surface area contributed by atoms with E-state index in [4.69, 9.17) is 0 Å². The Bertz CT molecular complexity index is 435. The van der Waals surface area contributed by atoms with Crippen LogP contribution in [0.4, 0.5) is 0 Å². The molecule has 0 saturated carbocycles. The van der Waals surface area contributed by atoms with Gasteiger partial charge in [-0.2, -0.15) is 0 Å². The summed E-state index contributed by atoms with van der Waals surface area (Å²) in [5.41, 5.74) is 0. The number of aromatic nitrogens is 2. The normalized spacial score (nSPS) is 10.4. The molecule has 72 valence electrons. The van der Waals surface area contributed by atoms with E-state index in [-0.39, 0.29) is 5.78 Å². The SMILES string of the molecule is O=C(Cc1ncc[nH]1)c1ccc(Br)s1. The fourth-order valence-corrected chi connectivity index (χ4v) is 2.42. The third kappa shape index (κ3) is 2.10. The highest BCUT2D eigenvalue weighted by Gasteiger charge is 2.10. The maximum atomic E-state index is 11.7. The molecule has 0 saturated heterocycles. The zero-order valence-electron chi connectivity index (χ0n) is 7.16. The van der Waals surface area contributed by atoms with Crippen molar-refractivity contribution in [3.8, 4) is 0 Å². The summed E-state index contributed by atoms with van der Waals surface area (Å²) in [6.45, 7) is 0. The molecule has 0 fully saturated rings. The Hall–Kier alpha value is -0.940. The number of carbonyl (C=O) groups is 1. The number of rotatable bonds is 3. The molecule has 2 aromatic rings. The fourth-order valence-electron chi connectivity index (χ4n) is 1.10. The molecule has 5 heteroatoms. The lowest BCUT2D eigenvalue weighted by Crippen LogP contribution is -2.02. The number of H-pyrrole nitrogens is 1. The molecule has 0 unspecified atom stereocenters. The smallest absolute Gasteiger partial charge is 0.180 e. The molecule has 0 amide bonds. The second-order valence-electron chi connectivity index (χ2n) is 2.74. The number of halogens is 1. The second-order valence-corrected chi connectivity index (χ2v) is 5.20. The van der Waals surface area contributed by atoms with E-state index >= 15 is 0 Å². The van der Waals surface area contributed by atoms with Gasteiger partial charge in [-0.15, -0.1) is 11.3 Å². The molecule has 14 heavy (non-hydrogen) atoms. The van der Waals surface area contributed by atoms with Gasteiger partial charge >= 0.3 is 0 Å². The lowest BCUT2D eigenvalue weighted by molar-refractivity contribution is 0.0995. The average Bonchev–Trinajstić information content (AvgIpc) is 2.75. The van der Waals surface area contributed by atoms with E-state index in [0.29, 0.717) is 12.2 Å². The number of ketones is 1. The Morgan fingerprint density at radius 3 is 3.00 bits per heavy atom. The first-order chi connectivity index (χ1) is 6.75. The van der Waals surface area contributed by atoms with Crippen LogP contribution >= 0.6 is 27.3 Å². The molecule has 3 nitrogen and oxygen atoms in total. The van der Waals surface area contributed by atoms with Gasteiger partial charge in [0.25, 0.3) is 0 Å². The number of hydrogen-bond acceptors (Lipinski definition) is 3. The van der Waals surface area contributed by atoms with Gasteiger partial charge in [0.05, 0.1) is 15.1 Å². The zero-order valence-corrected chi connectivity index (χ0v) is 9.56. The minimum Gasteiger partial charge on any atom is -0.348 e. The third-order valence-electron chi connectivity index (χ3n) is 1.73. The predicted molar refractivity (Wildman–Crippen MR) is 58.6 cm³/mol. The second kappa shape index (κ2) is 4.06.